The van der Waals surface area contributed by atoms with Crippen molar-refractivity contribution in [2.75, 3.05) is 6.54 Å². The minimum absolute atomic E-state index is 0.417. The quantitative estimate of drug-likeness (QED) is 0.218. The summed E-state index contributed by atoms with van der Waals surface area (Å²) < 4.78 is 4.85. The van der Waals surface area contributed by atoms with Gasteiger partial charge in [0.1, 0.15) is 6.04 Å². The van der Waals surface area contributed by atoms with Gasteiger partial charge in [-0.1, -0.05) is 0 Å². The number of esters is 1. The molecule has 2 unspecified atom stereocenters. The predicted molar refractivity (Wildman–Crippen MR) is 81.3 cm³/mol. The van der Waals surface area contributed by atoms with Gasteiger partial charge < -0.3 is 10.1 Å². The molecule has 154 valence electrons. The molecule has 0 aliphatic carbocycles. The molecule has 0 aromatic rings. The Labute approximate surface area is 157 Å². The summed E-state index contributed by atoms with van der Waals surface area (Å²) in [5.74, 6) is -8.89. The first-order valence-corrected chi connectivity index (χ1v) is 7.91. The molecule has 0 amide bonds. The van der Waals surface area contributed by atoms with Crippen LogP contribution < -0.4 is 5.32 Å². The summed E-state index contributed by atoms with van der Waals surface area (Å²) >= 11 is 0. The Bertz CT molecular complexity index is 679. The molecule has 2 atom stereocenters. The van der Waals surface area contributed by atoms with Gasteiger partial charge in [-0.2, -0.15) is 0 Å². The first kappa shape index (κ1) is 22.7. The lowest BCUT2D eigenvalue weighted by Crippen LogP contribution is -2.39. The third-order valence-corrected chi connectivity index (χ3v) is 3.20. The maximum Gasteiger partial charge on any atom is 0.421 e. The van der Waals surface area contributed by atoms with Gasteiger partial charge in [0.15, 0.2) is 0 Å². The minimum atomic E-state index is -1.95. The van der Waals surface area contributed by atoms with Gasteiger partial charge in [-0.25, -0.2) is 38.7 Å². The Morgan fingerprint density at radius 3 is 1.96 bits per heavy atom. The van der Waals surface area contributed by atoms with Crippen molar-refractivity contribution < 1.29 is 57.8 Å². The SMILES string of the molecule is CC(=O)C(=O)OOC(=O)CC(OC(=O)C1CCCN1)C(=O)OOC(=O)C(C)=O. The molecule has 13 nitrogen and oxygen atoms in total. The summed E-state index contributed by atoms with van der Waals surface area (Å²) in [6.07, 6.45) is -1.85. The largest absolute Gasteiger partial charge is 0.448 e. The van der Waals surface area contributed by atoms with Crippen LogP contribution in [0.2, 0.25) is 0 Å². The maximum absolute atomic E-state index is 12.0. The van der Waals surface area contributed by atoms with Gasteiger partial charge in [0.05, 0.1) is 6.42 Å². The van der Waals surface area contributed by atoms with E-state index in [4.69, 9.17) is 4.74 Å². The number of nitrogens with one attached hydrogen (secondary N) is 1. The molecular weight excluding hydrogens is 386 g/mol. The van der Waals surface area contributed by atoms with Crippen molar-refractivity contribution in [1.82, 2.24) is 5.32 Å². The van der Waals surface area contributed by atoms with E-state index >= 15 is 0 Å². The van der Waals surface area contributed by atoms with Crippen LogP contribution in [0.3, 0.4) is 0 Å². The summed E-state index contributed by atoms with van der Waals surface area (Å²) in [6.45, 7) is 2.24. The van der Waals surface area contributed by atoms with Crippen molar-refractivity contribution in [3.63, 3.8) is 0 Å². The van der Waals surface area contributed by atoms with Gasteiger partial charge in [-0.3, -0.25) is 14.4 Å². The third-order valence-electron chi connectivity index (χ3n) is 3.20. The van der Waals surface area contributed by atoms with Gasteiger partial charge in [0.2, 0.25) is 17.7 Å². The van der Waals surface area contributed by atoms with Crippen LogP contribution in [0, 0.1) is 0 Å². The van der Waals surface area contributed by atoms with Crippen LogP contribution in [0.1, 0.15) is 33.1 Å². The summed E-state index contributed by atoms with van der Waals surface area (Å²) in [6, 6.07) is -0.735. The van der Waals surface area contributed by atoms with E-state index < -0.39 is 60.0 Å². The second kappa shape index (κ2) is 10.7. The number of hydrogen-bond acceptors (Lipinski definition) is 13. The molecule has 1 N–H and O–H groups in total. The molecule has 1 aliphatic rings. The Hall–Kier alpha value is -3.35. The molecule has 0 aromatic carbocycles. The Morgan fingerprint density at radius 1 is 0.893 bits per heavy atom. The van der Waals surface area contributed by atoms with Gasteiger partial charge in [-0.05, 0) is 19.4 Å². The van der Waals surface area contributed by atoms with Crippen LogP contribution in [0.15, 0.2) is 0 Å². The molecule has 1 fully saturated rings. The van der Waals surface area contributed by atoms with Crippen molar-refractivity contribution in [2.24, 2.45) is 0 Å². The van der Waals surface area contributed by atoms with Gasteiger partial charge in [-0.15, -0.1) is 0 Å². The van der Waals surface area contributed by atoms with Crippen molar-refractivity contribution >= 4 is 41.4 Å². The van der Waals surface area contributed by atoms with Gasteiger partial charge in [0, 0.05) is 13.8 Å². The van der Waals surface area contributed by atoms with E-state index in [2.05, 4.69) is 24.9 Å². The number of carbonyl (C=O) groups excluding carboxylic acids is 7. The zero-order chi connectivity index (χ0) is 21.3. The molecular formula is C15H17NO12. The number of Topliss-reactive ketones (excluding diaryl/α,β-unsaturated/α-hetero) is 2. The highest BCUT2D eigenvalue weighted by Gasteiger charge is 2.34. The fraction of sp³-hybridized carbons (Fsp3) is 0.533. The Kier molecular flexibility index (Phi) is 8.68. The number of hydrogen-bond donors (Lipinski definition) is 1. The summed E-state index contributed by atoms with van der Waals surface area (Å²) in [7, 11) is 0. The summed E-state index contributed by atoms with van der Waals surface area (Å²) in [5.41, 5.74) is 0. The Morgan fingerprint density at radius 2 is 1.46 bits per heavy atom. The average Bonchev–Trinajstić information content (AvgIpc) is 3.17. The average molecular weight is 403 g/mol. The Balaban J connectivity index is 2.71. The van der Waals surface area contributed by atoms with Crippen LogP contribution >= 0.6 is 0 Å². The summed E-state index contributed by atoms with van der Waals surface area (Å²) in [5, 5.41) is 2.79. The molecule has 1 saturated heterocycles. The second-order valence-corrected chi connectivity index (χ2v) is 5.49. The lowest BCUT2D eigenvalue weighted by molar-refractivity contribution is -0.267. The van der Waals surface area contributed by atoms with E-state index in [0.717, 1.165) is 13.8 Å². The lowest BCUT2D eigenvalue weighted by Gasteiger charge is -2.17. The van der Waals surface area contributed by atoms with Crippen LogP contribution in [-0.4, -0.2) is 60.1 Å². The zero-order valence-corrected chi connectivity index (χ0v) is 14.9. The standard InChI is InChI=1S/C15H17NO12/c1-7(17)12(20)26-25-11(19)6-10(15(23)28-27-13(21)8(2)18)24-14(22)9-4-3-5-16-9/h9-10,16H,3-6H2,1-2H3. The van der Waals surface area contributed by atoms with Crippen LogP contribution in [0.5, 0.6) is 0 Å². The number of ether oxygens (including phenoxy) is 1. The fourth-order valence-electron chi connectivity index (χ4n) is 1.80. The lowest BCUT2D eigenvalue weighted by atomic mass is 10.2. The first-order valence-electron chi connectivity index (χ1n) is 7.91. The fourth-order valence-corrected chi connectivity index (χ4v) is 1.80. The summed E-state index contributed by atoms with van der Waals surface area (Å²) in [4.78, 5) is 94.9. The highest BCUT2D eigenvalue weighted by atomic mass is 17.2. The van der Waals surface area contributed by atoms with E-state index in [1.807, 2.05) is 0 Å². The molecule has 0 spiro atoms. The van der Waals surface area contributed by atoms with E-state index in [9.17, 15) is 33.6 Å². The van der Waals surface area contributed by atoms with E-state index in [-0.39, 0.29) is 0 Å². The second-order valence-electron chi connectivity index (χ2n) is 5.49. The normalized spacial score (nSPS) is 16.3. The zero-order valence-electron chi connectivity index (χ0n) is 14.9. The molecule has 13 heteroatoms. The van der Waals surface area contributed by atoms with Crippen LogP contribution in [0.4, 0.5) is 0 Å². The number of ketones is 2. The molecule has 28 heavy (non-hydrogen) atoms. The highest BCUT2D eigenvalue weighted by molar-refractivity contribution is 6.32. The van der Waals surface area contributed by atoms with Crippen molar-refractivity contribution in [3.8, 4) is 0 Å². The number of carbonyl (C=O) groups is 7. The molecule has 0 bridgehead atoms. The molecule has 1 heterocycles. The number of rotatable bonds is 7. The molecule has 0 aromatic heterocycles. The van der Waals surface area contributed by atoms with Gasteiger partial charge in [0.25, 0.3) is 0 Å². The minimum Gasteiger partial charge on any atom is -0.448 e. The van der Waals surface area contributed by atoms with Crippen molar-refractivity contribution in [3.05, 3.63) is 0 Å². The molecule has 0 saturated carbocycles. The maximum atomic E-state index is 12.0. The van der Waals surface area contributed by atoms with E-state index in [0.29, 0.717) is 19.4 Å². The topological polar surface area (TPSA) is 178 Å². The molecule has 1 rings (SSSR count). The van der Waals surface area contributed by atoms with Gasteiger partial charge >= 0.3 is 29.8 Å². The van der Waals surface area contributed by atoms with Crippen molar-refractivity contribution in [1.29, 1.82) is 0 Å². The monoisotopic (exact) mass is 403 g/mol. The predicted octanol–water partition coefficient (Wildman–Crippen LogP) is -1.78. The van der Waals surface area contributed by atoms with E-state index in [1.54, 1.807) is 0 Å². The van der Waals surface area contributed by atoms with E-state index in [1.165, 1.54) is 0 Å². The third kappa shape index (κ3) is 7.49. The van der Waals surface area contributed by atoms with Crippen LogP contribution in [0.25, 0.3) is 0 Å². The first-order chi connectivity index (χ1) is 13.1. The highest BCUT2D eigenvalue weighted by Crippen LogP contribution is 2.11. The molecule has 1 aliphatic heterocycles. The smallest absolute Gasteiger partial charge is 0.421 e. The van der Waals surface area contributed by atoms with Crippen LogP contribution in [-0.2, 0) is 57.8 Å². The van der Waals surface area contributed by atoms with Crippen molar-refractivity contribution in [2.45, 2.75) is 45.3 Å². The molecule has 0 radical (unpaired) electrons.